The lowest BCUT2D eigenvalue weighted by Gasteiger charge is -2.32. The van der Waals surface area contributed by atoms with Gasteiger partial charge in [-0.2, -0.15) is 0 Å². The van der Waals surface area contributed by atoms with Crippen LogP contribution in [0.15, 0.2) is 48.5 Å². The molecule has 0 aromatic heterocycles. The van der Waals surface area contributed by atoms with Gasteiger partial charge in [0.1, 0.15) is 0 Å². The quantitative estimate of drug-likeness (QED) is 0.475. The fourth-order valence-electron chi connectivity index (χ4n) is 3.04. The van der Waals surface area contributed by atoms with E-state index in [1.807, 2.05) is 48.5 Å². The molecule has 0 spiro atoms. The van der Waals surface area contributed by atoms with Crippen LogP contribution in [0.5, 0.6) is 0 Å². The summed E-state index contributed by atoms with van der Waals surface area (Å²) in [6.45, 7) is 0. The molecule has 0 saturated carbocycles. The van der Waals surface area contributed by atoms with E-state index in [1.165, 1.54) is 0 Å². The highest BCUT2D eigenvalue weighted by molar-refractivity contribution is 6.86. The summed E-state index contributed by atoms with van der Waals surface area (Å²) in [7, 11) is 2.84. The summed E-state index contributed by atoms with van der Waals surface area (Å²) in [6.07, 6.45) is 0. The van der Waals surface area contributed by atoms with Crippen LogP contribution in [0.25, 0.3) is 0 Å². The molecule has 2 aromatic rings. The Morgan fingerprint density at radius 1 is 0.571 bits per heavy atom. The maximum Gasteiger partial charge on any atom is 0.537 e. The van der Waals surface area contributed by atoms with E-state index in [2.05, 4.69) is 11.8 Å². The molecule has 0 amide bonds. The molecule has 8 heteroatoms. The summed E-state index contributed by atoms with van der Waals surface area (Å²) < 4.78 is 34.4. The van der Waals surface area contributed by atoms with Gasteiger partial charge in [-0.15, -0.1) is 0 Å². The van der Waals surface area contributed by atoms with Gasteiger partial charge in [0.2, 0.25) is 0 Å². The molecule has 150 valence electrons. The smallest absolute Gasteiger partial charge is 0.373 e. The van der Waals surface area contributed by atoms with E-state index >= 15 is 0 Å². The van der Waals surface area contributed by atoms with Gasteiger partial charge in [0.25, 0.3) is 0 Å². The van der Waals surface area contributed by atoms with Crippen LogP contribution in [0.3, 0.4) is 0 Å². The second-order valence-electron chi connectivity index (χ2n) is 5.68. The van der Waals surface area contributed by atoms with Crippen LogP contribution in [0.4, 0.5) is 0 Å². The van der Waals surface area contributed by atoms with Crippen LogP contribution in [0.2, 0.25) is 0 Å². The molecule has 0 saturated heterocycles. The van der Waals surface area contributed by atoms with Crippen molar-refractivity contribution in [2.75, 3.05) is 42.7 Å². The molecular weight excluding hydrogens is 392 g/mol. The first-order valence-electron chi connectivity index (χ1n) is 8.58. The van der Waals surface area contributed by atoms with Crippen LogP contribution in [-0.4, -0.2) is 60.3 Å². The van der Waals surface area contributed by atoms with E-state index in [-0.39, 0.29) is 0 Å². The highest BCUT2D eigenvalue weighted by atomic mass is 28.4. The average molecular weight is 419 g/mol. The van der Waals surface area contributed by atoms with Crippen molar-refractivity contribution in [2.24, 2.45) is 0 Å². The molecule has 0 aliphatic rings. The van der Waals surface area contributed by atoms with Gasteiger partial charge in [-0.1, -0.05) is 42.2 Å². The van der Waals surface area contributed by atoms with Crippen molar-refractivity contribution in [3.8, 4) is 11.8 Å². The maximum atomic E-state index is 5.77. The van der Waals surface area contributed by atoms with E-state index in [0.717, 1.165) is 5.56 Å². The van der Waals surface area contributed by atoms with Gasteiger partial charge < -0.3 is 26.6 Å². The fraction of sp³-hybridized carbons (Fsp3) is 0.300. The van der Waals surface area contributed by atoms with Crippen molar-refractivity contribution < 1.29 is 26.6 Å². The van der Waals surface area contributed by atoms with Crippen molar-refractivity contribution >= 4 is 28.0 Å². The molecule has 0 unspecified atom stereocenters. The lowest BCUT2D eigenvalue weighted by molar-refractivity contribution is 0.135. The van der Waals surface area contributed by atoms with Crippen LogP contribution >= 0.6 is 0 Å². The number of hydrogen-bond acceptors (Lipinski definition) is 6. The van der Waals surface area contributed by atoms with Crippen molar-refractivity contribution in [1.29, 1.82) is 0 Å². The fourth-order valence-corrected chi connectivity index (χ4v) is 7.86. The van der Waals surface area contributed by atoms with E-state index < -0.39 is 17.6 Å². The standard InChI is InChI=1S/C20H26O6Si2/c1-21-27(22-2,23-3)19-14-10-13-18(16-15-17-11-8-7-9-12-17)20(19)28(24-4,25-5)26-6/h7-14H,1-6H3. The Hall–Kier alpha value is -1.81. The number of rotatable bonds is 8. The minimum absolute atomic E-state index is 0.683. The van der Waals surface area contributed by atoms with Crippen molar-refractivity contribution in [1.82, 2.24) is 0 Å². The molecule has 28 heavy (non-hydrogen) atoms. The van der Waals surface area contributed by atoms with Crippen LogP contribution in [0, 0.1) is 11.8 Å². The van der Waals surface area contributed by atoms with Gasteiger partial charge in [0.15, 0.2) is 0 Å². The Labute approximate surface area is 169 Å². The van der Waals surface area contributed by atoms with E-state index in [4.69, 9.17) is 26.6 Å². The zero-order valence-corrected chi connectivity index (χ0v) is 19.1. The lowest BCUT2D eigenvalue weighted by atomic mass is 10.2. The predicted octanol–water partition coefficient (Wildman–Crippen LogP) is 1.26. The maximum absolute atomic E-state index is 5.77. The van der Waals surface area contributed by atoms with Gasteiger partial charge in [0, 0.05) is 64.2 Å². The lowest BCUT2D eigenvalue weighted by Crippen LogP contribution is -2.69. The Balaban J connectivity index is 2.80. The number of hydrogen-bond donors (Lipinski definition) is 0. The molecule has 6 nitrogen and oxygen atoms in total. The molecule has 2 aromatic carbocycles. The highest BCUT2D eigenvalue weighted by Crippen LogP contribution is 2.14. The zero-order valence-electron chi connectivity index (χ0n) is 17.1. The second kappa shape index (κ2) is 10.1. The Morgan fingerprint density at radius 2 is 1.11 bits per heavy atom. The largest absolute Gasteiger partial charge is 0.537 e. The van der Waals surface area contributed by atoms with Gasteiger partial charge in [-0.25, -0.2) is 0 Å². The van der Waals surface area contributed by atoms with Gasteiger partial charge >= 0.3 is 17.6 Å². The van der Waals surface area contributed by atoms with Crippen LogP contribution < -0.4 is 10.4 Å². The monoisotopic (exact) mass is 418 g/mol. The predicted molar refractivity (Wildman–Crippen MR) is 112 cm³/mol. The van der Waals surface area contributed by atoms with Crippen molar-refractivity contribution in [3.05, 3.63) is 59.7 Å². The minimum atomic E-state index is -3.29. The molecule has 0 N–H and O–H groups in total. The SMILES string of the molecule is CO[Si](OC)(OC)c1cccc(C#Cc2ccccc2)c1[Si](OC)(OC)OC. The van der Waals surface area contributed by atoms with Crippen molar-refractivity contribution in [3.63, 3.8) is 0 Å². The summed E-state index contributed by atoms with van der Waals surface area (Å²) >= 11 is 0. The van der Waals surface area contributed by atoms with Gasteiger partial charge in [0.05, 0.1) is 0 Å². The average Bonchev–Trinajstić information content (AvgIpc) is 2.77. The molecule has 0 heterocycles. The van der Waals surface area contributed by atoms with Crippen molar-refractivity contribution in [2.45, 2.75) is 0 Å². The van der Waals surface area contributed by atoms with Crippen LogP contribution in [-0.2, 0) is 26.6 Å². The Kier molecular flexibility index (Phi) is 8.12. The first kappa shape index (κ1) is 22.5. The highest BCUT2D eigenvalue weighted by Gasteiger charge is 2.52. The summed E-state index contributed by atoms with van der Waals surface area (Å²) in [4.78, 5) is 0. The molecule has 0 fully saturated rings. The second-order valence-corrected chi connectivity index (χ2v) is 11.4. The summed E-state index contributed by atoms with van der Waals surface area (Å²) in [5.74, 6) is 6.40. The third kappa shape index (κ3) is 4.27. The zero-order chi connectivity index (χ0) is 20.6. The Morgan fingerprint density at radius 3 is 1.61 bits per heavy atom. The molecule has 0 radical (unpaired) electrons. The molecule has 0 aliphatic heterocycles. The third-order valence-corrected chi connectivity index (χ3v) is 10.1. The van der Waals surface area contributed by atoms with E-state index in [1.54, 1.807) is 42.7 Å². The van der Waals surface area contributed by atoms with Crippen LogP contribution in [0.1, 0.15) is 11.1 Å². The normalized spacial score (nSPS) is 11.8. The molecule has 2 rings (SSSR count). The van der Waals surface area contributed by atoms with Gasteiger partial charge in [-0.05, 0) is 18.2 Å². The first-order chi connectivity index (χ1) is 13.6. The topological polar surface area (TPSA) is 55.4 Å². The minimum Gasteiger partial charge on any atom is -0.373 e. The van der Waals surface area contributed by atoms with E-state index in [0.29, 0.717) is 15.9 Å². The van der Waals surface area contributed by atoms with Gasteiger partial charge in [-0.3, -0.25) is 0 Å². The number of benzene rings is 2. The molecule has 0 aliphatic carbocycles. The molecular formula is C20H26O6Si2. The summed E-state index contributed by atoms with van der Waals surface area (Å²) in [6, 6.07) is 15.4. The summed E-state index contributed by atoms with van der Waals surface area (Å²) in [5.41, 5.74) is 1.61. The third-order valence-electron chi connectivity index (χ3n) is 4.43. The summed E-state index contributed by atoms with van der Waals surface area (Å²) in [5, 5.41) is 1.39. The first-order valence-corrected chi connectivity index (χ1v) is 12.0. The Bertz CT molecular complexity index is 807. The van der Waals surface area contributed by atoms with E-state index in [9.17, 15) is 0 Å². The molecule has 0 bridgehead atoms. The molecule has 0 atom stereocenters.